The number of hydrogen-bond acceptors (Lipinski definition) is 7. The second-order valence-electron chi connectivity index (χ2n) is 24.8. The molecule has 0 saturated heterocycles. The van der Waals surface area contributed by atoms with Crippen LogP contribution in [0.25, 0.3) is 72.4 Å². The first-order chi connectivity index (χ1) is 48.5. The molecule has 0 aliphatic carbocycles. The number of phenols is 5. The minimum atomic E-state index is -1.24. The molecule has 0 heterocycles. The standard InChI is InChI=1S/C17H16O3.C17H18.C16H16.C15H14O2.C15H14O.C14H12O.Na/c1-11-7-12(2)9-13(8-11)10-16(17(19)20)14-3-5-15(18)6-4-14;1-13-4-6-16(7-5-13)8-9-17-11-14(2)10-15(3)12-17;1-13-10-14(2)12-16(11-13)9-8-15-6-4-3-5-7-15;1-11-2-4-12(5-3-11)6-7-13-8-14(16)10-15(17)9-13;1-12-3-2-4-14(11-12)6-5-13-7-9-15(16)10-8-13;15-14-10-8-13(9-11-14)7-6-12-4-2-1-3-5-12;/h3-10,18H,1-2H3,(H,19,20);4-12H,1-3H3;3-12H,1-2H3;2-10,16-17H,1H3;2-11,16H,1H3;1-11,15H;/q;;;;;;+1/p-1/b16-10-;2*9-8+;7-6+;6-5+;7-6+;. The molecule has 5 N–H and O–H groups in total. The van der Waals surface area contributed by atoms with Gasteiger partial charge in [-0.25, -0.2) is 0 Å². The Balaban J connectivity index is 0.000000192. The second kappa shape index (κ2) is 41.8. The summed E-state index contributed by atoms with van der Waals surface area (Å²) >= 11 is 0. The van der Waals surface area contributed by atoms with Gasteiger partial charge in [0.2, 0.25) is 0 Å². The third kappa shape index (κ3) is 30.3. The van der Waals surface area contributed by atoms with E-state index >= 15 is 0 Å². The van der Waals surface area contributed by atoms with Gasteiger partial charge >= 0.3 is 29.6 Å². The van der Waals surface area contributed by atoms with Crippen LogP contribution in [-0.4, -0.2) is 31.5 Å². The molecule has 0 unspecified atom stereocenters. The van der Waals surface area contributed by atoms with Crippen LogP contribution in [-0.2, 0) is 4.79 Å². The third-order valence-corrected chi connectivity index (χ3v) is 15.3. The van der Waals surface area contributed by atoms with Gasteiger partial charge in [-0.05, 0) is 184 Å². The predicted octanol–water partition coefficient (Wildman–Crippen LogP) is 19.6. The van der Waals surface area contributed by atoms with Crippen molar-refractivity contribution in [2.24, 2.45) is 0 Å². The third-order valence-electron chi connectivity index (χ3n) is 15.3. The number of carbonyl (C=O) groups excluding carboxylic acids is 1. The number of benzene rings is 12. The summed E-state index contributed by atoms with van der Waals surface area (Å²) in [6.45, 7) is 18.7. The Kier molecular flexibility index (Phi) is 32.6. The Morgan fingerprint density at radius 2 is 0.500 bits per heavy atom. The number of carboxylic acids is 1. The van der Waals surface area contributed by atoms with Crippen LogP contribution in [0.3, 0.4) is 0 Å². The van der Waals surface area contributed by atoms with E-state index in [0.29, 0.717) is 17.1 Å². The molecule has 0 atom stereocenters. The van der Waals surface area contributed by atoms with Crippen molar-refractivity contribution in [3.8, 4) is 28.7 Å². The van der Waals surface area contributed by atoms with Gasteiger partial charge in [-0.2, -0.15) is 0 Å². The van der Waals surface area contributed by atoms with Crippen molar-refractivity contribution >= 4 is 78.4 Å². The number of carboxylic acid groups (broad SMARTS) is 1. The molecule has 0 aliphatic heterocycles. The van der Waals surface area contributed by atoms with Crippen LogP contribution in [0.2, 0.25) is 0 Å². The maximum Gasteiger partial charge on any atom is 1.00 e. The van der Waals surface area contributed by atoms with E-state index in [1.54, 1.807) is 54.6 Å². The molecule has 102 heavy (non-hydrogen) atoms. The van der Waals surface area contributed by atoms with Crippen molar-refractivity contribution in [1.82, 2.24) is 0 Å². The SMILES string of the molecule is Cc1cc(C)cc(/C=C(\C(=O)[O-])c2ccc(O)cc2)c1.Cc1cc(C)cc(/C=C/c2ccccc2)c1.Cc1ccc(/C=C/c2cc(C)cc(C)c2)cc1.Cc1ccc(/C=C/c2cc(O)cc(O)c2)cc1.Cc1cccc(/C=C/c2ccc(O)cc2)c1.Oc1ccc(/C=C/c2ccccc2)cc1.[Na+]. The van der Waals surface area contributed by atoms with E-state index in [2.05, 4.69) is 187 Å². The topological polar surface area (TPSA) is 141 Å². The Labute approximate surface area is 625 Å². The number of aryl methyl sites for hydroxylation is 9. The van der Waals surface area contributed by atoms with Crippen LogP contribution < -0.4 is 34.7 Å². The zero-order valence-electron chi connectivity index (χ0n) is 60.0. The van der Waals surface area contributed by atoms with Crippen molar-refractivity contribution < 1.29 is 65.0 Å². The molecule has 12 aromatic carbocycles. The van der Waals surface area contributed by atoms with Crippen LogP contribution in [0.4, 0.5) is 0 Å². The van der Waals surface area contributed by atoms with E-state index in [-0.39, 0.29) is 52.4 Å². The number of aromatic hydroxyl groups is 5. The maximum absolute atomic E-state index is 11.3. The minimum Gasteiger partial charge on any atom is -0.545 e. The largest absolute Gasteiger partial charge is 1.00 e. The molecule has 0 spiro atoms. The smallest absolute Gasteiger partial charge is 0.545 e. The van der Waals surface area contributed by atoms with Gasteiger partial charge in [-0.15, -0.1) is 0 Å². The van der Waals surface area contributed by atoms with Gasteiger partial charge in [0.25, 0.3) is 0 Å². The van der Waals surface area contributed by atoms with Crippen molar-refractivity contribution in [1.29, 1.82) is 0 Å². The molecule has 0 aromatic heterocycles. The van der Waals surface area contributed by atoms with E-state index in [9.17, 15) is 25.2 Å². The summed E-state index contributed by atoms with van der Waals surface area (Å²) in [7, 11) is 0. The van der Waals surface area contributed by atoms with Crippen LogP contribution in [0.1, 0.15) is 117 Å². The quantitative estimate of drug-likeness (QED) is 0.0440. The fourth-order valence-corrected chi connectivity index (χ4v) is 10.5. The number of aliphatic carboxylic acids is 1. The van der Waals surface area contributed by atoms with Gasteiger partial charge in [0.05, 0.1) is 5.97 Å². The Morgan fingerprint density at radius 1 is 0.235 bits per heavy atom. The number of carbonyl (C=O) groups is 1. The second-order valence-corrected chi connectivity index (χ2v) is 24.8. The summed E-state index contributed by atoms with van der Waals surface area (Å²) < 4.78 is 0. The number of phenolic OH excluding ortho intramolecular Hbond substituents is 5. The van der Waals surface area contributed by atoms with Crippen molar-refractivity contribution in [2.45, 2.75) is 62.3 Å². The molecule has 0 saturated carbocycles. The molecule has 12 aromatic rings. The Bertz CT molecular complexity index is 4570. The predicted molar refractivity (Wildman–Crippen MR) is 426 cm³/mol. The molecular weight excluding hydrogens is 1260 g/mol. The molecule has 0 amide bonds. The Morgan fingerprint density at radius 3 is 0.833 bits per heavy atom. The monoisotopic (exact) mass is 1350 g/mol. The van der Waals surface area contributed by atoms with Crippen LogP contribution >= 0.6 is 0 Å². The number of rotatable bonds is 13. The summed E-state index contributed by atoms with van der Waals surface area (Å²) in [6, 6.07) is 89.4. The first-order valence-electron chi connectivity index (χ1n) is 33.3. The summed E-state index contributed by atoms with van der Waals surface area (Å²) in [5.41, 5.74) is 24.0. The average Bonchev–Trinajstić information content (AvgIpc) is 0.848. The molecule has 7 nitrogen and oxygen atoms in total. The summed E-state index contributed by atoms with van der Waals surface area (Å²) in [6.07, 6.45) is 22.2. The van der Waals surface area contributed by atoms with Crippen molar-refractivity contribution in [2.75, 3.05) is 0 Å². The van der Waals surface area contributed by atoms with E-state index in [1.165, 1.54) is 90.5 Å². The summed E-state index contributed by atoms with van der Waals surface area (Å²) in [5, 5.41) is 57.5. The van der Waals surface area contributed by atoms with Gasteiger partial charge in [-0.3, -0.25) is 0 Å². The molecule has 8 heteroatoms. The fraction of sp³-hybridized carbons (Fsp3) is 0.0957. The fourth-order valence-electron chi connectivity index (χ4n) is 10.5. The number of hydrogen-bond donors (Lipinski definition) is 5. The molecule has 0 aliphatic rings. The van der Waals surface area contributed by atoms with E-state index in [1.807, 2.05) is 148 Å². The van der Waals surface area contributed by atoms with Crippen LogP contribution in [0.15, 0.2) is 279 Å². The molecule has 0 fully saturated rings. The first kappa shape index (κ1) is 79.5. The Hall–Kier alpha value is -11.5. The molecule has 12 rings (SSSR count). The van der Waals surface area contributed by atoms with Gasteiger partial charge in [0.1, 0.15) is 28.7 Å². The van der Waals surface area contributed by atoms with Crippen molar-refractivity contribution in [3.63, 3.8) is 0 Å². The maximum atomic E-state index is 11.3. The van der Waals surface area contributed by atoms with E-state index in [0.717, 1.165) is 38.9 Å². The van der Waals surface area contributed by atoms with Gasteiger partial charge in [-0.1, -0.05) is 335 Å². The molecular formula is C94H89NaO7. The normalized spacial score (nSPS) is 10.9. The first-order valence-corrected chi connectivity index (χ1v) is 33.3. The van der Waals surface area contributed by atoms with Gasteiger partial charge in [0.15, 0.2) is 0 Å². The average molecular weight is 1350 g/mol. The van der Waals surface area contributed by atoms with Gasteiger partial charge in [0, 0.05) is 11.6 Å². The van der Waals surface area contributed by atoms with Crippen LogP contribution in [0, 0.1) is 62.3 Å². The van der Waals surface area contributed by atoms with Gasteiger partial charge < -0.3 is 35.4 Å². The zero-order valence-corrected chi connectivity index (χ0v) is 62.0. The summed E-state index contributed by atoms with van der Waals surface area (Å²) in [4.78, 5) is 11.3. The molecule has 0 bridgehead atoms. The summed E-state index contributed by atoms with van der Waals surface area (Å²) in [5.74, 6) is -0.422. The molecule has 508 valence electrons. The molecule has 0 radical (unpaired) electrons. The van der Waals surface area contributed by atoms with E-state index in [4.69, 9.17) is 10.2 Å². The van der Waals surface area contributed by atoms with Crippen molar-refractivity contribution in [3.05, 3.63) is 396 Å². The van der Waals surface area contributed by atoms with E-state index < -0.39 is 5.97 Å². The van der Waals surface area contributed by atoms with Crippen LogP contribution in [0.5, 0.6) is 28.7 Å². The zero-order chi connectivity index (χ0) is 72.5. The minimum absolute atomic E-state index is 0.